The second kappa shape index (κ2) is 8.20. The van der Waals surface area contributed by atoms with Crippen LogP contribution in [0.25, 0.3) is 0 Å². The number of ether oxygens (including phenoxy) is 1. The number of aromatic nitrogens is 2. The van der Waals surface area contributed by atoms with E-state index in [0.717, 1.165) is 0 Å². The van der Waals surface area contributed by atoms with Crippen molar-refractivity contribution in [3.63, 3.8) is 0 Å². The minimum absolute atomic E-state index is 0.0308. The van der Waals surface area contributed by atoms with E-state index in [1.54, 1.807) is 25.1 Å². The largest absolute Gasteiger partial charge is 0.482 e. The molecule has 11 heteroatoms. The van der Waals surface area contributed by atoms with Crippen molar-refractivity contribution < 1.29 is 22.5 Å². The molecular weight excluding hydrogens is 444 g/mol. The molecular formula is C20H19ClN4O5S. The predicted molar refractivity (Wildman–Crippen MR) is 114 cm³/mol. The Morgan fingerprint density at radius 3 is 2.81 bits per heavy atom. The maximum Gasteiger partial charge on any atom is 0.265 e. The summed E-state index contributed by atoms with van der Waals surface area (Å²) in [6.07, 6.45) is 0.567. The number of aryl methyl sites for hydroxylation is 1. The van der Waals surface area contributed by atoms with Crippen molar-refractivity contribution in [1.29, 1.82) is 0 Å². The SMILES string of the molecule is CCc1nc(CN2C(=O)COc3ccc(S(=O)(=O)Nc4cccc(Cl)c4C)cc32)no1. The third kappa shape index (κ3) is 4.21. The number of nitrogens with zero attached hydrogens (tertiary/aromatic N) is 3. The highest BCUT2D eigenvalue weighted by Gasteiger charge is 2.29. The Labute approximate surface area is 184 Å². The first-order valence-electron chi connectivity index (χ1n) is 9.45. The fourth-order valence-electron chi connectivity index (χ4n) is 3.08. The van der Waals surface area contributed by atoms with Gasteiger partial charge in [-0.05, 0) is 42.8 Å². The number of hydrogen-bond acceptors (Lipinski definition) is 7. The van der Waals surface area contributed by atoms with E-state index in [9.17, 15) is 13.2 Å². The molecule has 1 amide bonds. The molecule has 31 heavy (non-hydrogen) atoms. The van der Waals surface area contributed by atoms with Gasteiger partial charge in [0.15, 0.2) is 12.4 Å². The van der Waals surface area contributed by atoms with Crippen LogP contribution in [0.3, 0.4) is 0 Å². The van der Waals surface area contributed by atoms with Gasteiger partial charge in [-0.1, -0.05) is 29.7 Å². The van der Waals surface area contributed by atoms with Gasteiger partial charge in [-0.25, -0.2) is 8.42 Å². The Morgan fingerprint density at radius 1 is 1.26 bits per heavy atom. The van der Waals surface area contributed by atoms with Crippen LogP contribution >= 0.6 is 11.6 Å². The highest BCUT2D eigenvalue weighted by atomic mass is 35.5. The topological polar surface area (TPSA) is 115 Å². The molecule has 162 valence electrons. The molecule has 0 unspecified atom stereocenters. The summed E-state index contributed by atoms with van der Waals surface area (Å²) in [6, 6.07) is 9.27. The molecule has 9 nitrogen and oxygen atoms in total. The maximum absolute atomic E-state index is 13.0. The lowest BCUT2D eigenvalue weighted by Crippen LogP contribution is -2.38. The van der Waals surface area contributed by atoms with Crippen molar-refractivity contribution in [2.75, 3.05) is 16.2 Å². The van der Waals surface area contributed by atoms with Crippen LogP contribution in [0.2, 0.25) is 5.02 Å². The Morgan fingerprint density at radius 2 is 2.06 bits per heavy atom. The van der Waals surface area contributed by atoms with Crippen LogP contribution in [-0.4, -0.2) is 31.1 Å². The van der Waals surface area contributed by atoms with E-state index in [1.165, 1.54) is 23.1 Å². The number of nitrogens with one attached hydrogen (secondary N) is 1. The van der Waals surface area contributed by atoms with Crippen LogP contribution < -0.4 is 14.4 Å². The zero-order valence-corrected chi connectivity index (χ0v) is 18.3. The van der Waals surface area contributed by atoms with Crippen LogP contribution in [0.15, 0.2) is 45.8 Å². The second-order valence-corrected chi connectivity index (χ2v) is 8.96. The van der Waals surface area contributed by atoms with Crippen molar-refractivity contribution in [3.8, 4) is 5.75 Å². The minimum Gasteiger partial charge on any atom is -0.482 e. The molecule has 1 aliphatic heterocycles. The lowest BCUT2D eigenvalue weighted by Gasteiger charge is -2.28. The van der Waals surface area contributed by atoms with Crippen molar-refractivity contribution >= 4 is 38.9 Å². The number of amides is 1. The van der Waals surface area contributed by atoms with Crippen molar-refractivity contribution in [3.05, 3.63) is 58.7 Å². The molecule has 0 aliphatic carbocycles. The zero-order chi connectivity index (χ0) is 22.2. The third-order valence-corrected chi connectivity index (χ3v) is 6.58. The summed E-state index contributed by atoms with van der Waals surface area (Å²) in [4.78, 5) is 18.1. The summed E-state index contributed by atoms with van der Waals surface area (Å²) >= 11 is 6.09. The Balaban J connectivity index is 1.68. The fourth-order valence-corrected chi connectivity index (χ4v) is 4.40. The number of benzene rings is 2. The number of fused-ring (bicyclic) bond motifs is 1. The molecule has 3 aromatic rings. The summed E-state index contributed by atoms with van der Waals surface area (Å²) in [7, 11) is -3.95. The van der Waals surface area contributed by atoms with Gasteiger partial charge in [0.05, 0.1) is 22.8 Å². The van der Waals surface area contributed by atoms with Crippen LogP contribution in [-0.2, 0) is 27.8 Å². The van der Waals surface area contributed by atoms with Gasteiger partial charge in [-0.2, -0.15) is 4.98 Å². The maximum atomic E-state index is 13.0. The Hall–Kier alpha value is -3.11. The van der Waals surface area contributed by atoms with Gasteiger partial charge in [0.25, 0.3) is 15.9 Å². The standard InChI is InChI=1S/C20H19ClN4O5S/c1-3-19-22-18(23-30-19)10-25-16-9-13(7-8-17(16)29-11-20(25)26)31(27,28)24-15-6-4-5-14(21)12(15)2/h4-9,24H,3,10-11H2,1-2H3. The van der Waals surface area contributed by atoms with Crippen LogP contribution in [0.5, 0.6) is 5.75 Å². The molecule has 1 N–H and O–H groups in total. The molecule has 2 aromatic carbocycles. The highest BCUT2D eigenvalue weighted by Crippen LogP contribution is 2.36. The number of carbonyl (C=O) groups excluding carboxylic acids is 1. The van der Waals surface area contributed by atoms with Crippen LogP contribution in [0.1, 0.15) is 24.2 Å². The minimum atomic E-state index is -3.95. The molecule has 2 heterocycles. The van der Waals surface area contributed by atoms with E-state index in [0.29, 0.717) is 45.8 Å². The van der Waals surface area contributed by atoms with E-state index in [4.69, 9.17) is 20.9 Å². The normalized spacial score (nSPS) is 13.6. The molecule has 1 aliphatic rings. The zero-order valence-electron chi connectivity index (χ0n) is 16.8. The molecule has 0 fully saturated rings. The molecule has 1 aromatic heterocycles. The van der Waals surface area contributed by atoms with E-state index >= 15 is 0 Å². The summed E-state index contributed by atoms with van der Waals surface area (Å²) in [5.41, 5.74) is 1.28. The summed E-state index contributed by atoms with van der Waals surface area (Å²) in [5.74, 6) is 0.813. The van der Waals surface area contributed by atoms with Gasteiger partial charge in [0.2, 0.25) is 5.89 Å². The number of anilines is 2. The van der Waals surface area contributed by atoms with Gasteiger partial charge < -0.3 is 9.26 Å². The Kier molecular flexibility index (Phi) is 5.59. The first-order chi connectivity index (χ1) is 14.8. The van der Waals surface area contributed by atoms with Crippen LogP contribution in [0.4, 0.5) is 11.4 Å². The van der Waals surface area contributed by atoms with E-state index in [2.05, 4.69) is 14.9 Å². The first-order valence-corrected chi connectivity index (χ1v) is 11.3. The monoisotopic (exact) mass is 462 g/mol. The van der Waals surface area contributed by atoms with E-state index < -0.39 is 10.0 Å². The predicted octanol–water partition coefficient (Wildman–Crippen LogP) is 3.32. The molecule has 0 radical (unpaired) electrons. The van der Waals surface area contributed by atoms with Crippen LogP contribution in [0, 0.1) is 6.92 Å². The summed E-state index contributed by atoms with van der Waals surface area (Å²) in [6.45, 7) is 3.45. The average Bonchev–Trinajstić information content (AvgIpc) is 3.21. The number of hydrogen-bond donors (Lipinski definition) is 1. The third-order valence-electron chi connectivity index (χ3n) is 4.81. The van der Waals surface area contributed by atoms with Gasteiger partial charge in [0.1, 0.15) is 5.75 Å². The van der Waals surface area contributed by atoms with E-state index in [-0.39, 0.29) is 24.0 Å². The summed E-state index contributed by atoms with van der Waals surface area (Å²) < 4.78 is 39.1. The Bertz CT molecular complexity index is 1260. The number of rotatable bonds is 6. The van der Waals surface area contributed by atoms with Gasteiger partial charge in [-0.15, -0.1) is 0 Å². The number of halogens is 1. The smallest absolute Gasteiger partial charge is 0.265 e. The van der Waals surface area contributed by atoms with Crippen molar-refractivity contribution in [2.24, 2.45) is 0 Å². The van der Waals surface area contributed by atoms with Crippen molar-refractivity contribution in [2.45, 2.75) is 31.7 Å². The fraction of sp³-hybridized carbons (Fsp3) is 0.250. The van der Waals surface area contributed by atoms with Gasteiger partial charge in [-0.3, -0.25) is 14.4 Å². The van der Waals surface area contributed by atoms with Crippen molar-refractivity contribution in [1.82, 2.24) is 10.1 Å². The molecule has 0 saturated heterocycles. The van der Waals surface area contributed by atoms with E-state index in [1.807, 2.05) is 6.92 Å². The quantitative estimate of drug-likeness (QED) is 0.597. The first kappa shape index (κ1) is 21.1. The molecule has 0 atom stereocenters. The summed E-state index contributed by atoms with van der Waals surface area (Å²) in [5, 5.41) is 4.32. The number of sulfonamides is 1. The van der Waals surface area contributed by atoms with Gasteiger partial charge >= 0.3 is 0 Å². The average molecular weight is 463 g/mol. The second-order valence-electron chi connectivity index (χ2n) is 6.87. The lowest BCUT2D eigenvalue weighted by molar-refractivity contribution is -0.121. The molecule has 0 bridgehead atoms. The molecule has 0 saturated carbocycles. The molecule has 0 spiro atoms. The number of carbonyl (C=O) groups is 1. The highest BCUT2D eigenvalue weighted by molar-refractivity contribution is 7.92. The van der Waals surface area contributed by atoms with Gasteiger partial charge in [0, 0.05) is 11.4 Å². The lowest BCUT2D eigenvalue weighted by atomic mass is 10.2. The molecule has 4 rings (SSSR count).